The Labute approximate surface area is 282 Å². The Kier molecular flexibility index (Phi) is 10.2. The minimum Gasteiger partial charge on any atom is -0.480 e. The molecule has 0 bridgehead atoms. The lowest BCUT2D eigenvalue weighted by Gasteiger charge is -2.35. The van der Waals surface area contributed by atoms with Crippen LogP contribution in [-0.2, 0) is 16.0 Å². The van der Waals surface area contributed by atoms with E-state index in [2.05, 4.69) is 64.2 Å². The number of carbonyl (C=O) groups excluding carboxylic acids is 2. The van der Waals surface area contributed by atoms with Gasteiger partial charge in [0.2, 0.25) is 5.91 Å². The van der Waals surface area contributed by atoms with Crippen molar-refractivity contribution >= 4 is 28.6 Å². The van der Waals surface area contributed by atoms with Crippen molar-refractivity contribution in [1.29, 1.82) is 0 Å². The number of aromatic nitrogens is 2. The number of benzene rings is 3. The SMILES string of the molecule is CCc1cc(-n2ccnc2)cc(C)c1C(=O)NC(CC1CCN(C(=O)CCC2NC=CCC2c2cccc3ccccc23)CC1)C(=O)O. The quantitative estimate of drug-likeness (QED) is 0.180. The van der Waals surface area contributed by atoms with Crippen molar-refractivity contribution in [2.75, 3.05) is 13.1 Å². The normalized spacial score (nSPS) is 18.8. The maximum Gasteiger partial charge on any atom is 0.326 e. The second-order valence-corrected chi connectivity index (χ2v) is 13.2. The Morgan fingerprint density at radius 2 is 1.88 bits per heavy atom. The Morgan fingerprint density at radius 1 is 1.08 bits per heavy atom. The van der Waals surface area contributed by atoms with Crippen LogP contribution in [0, 0.1) is 12.8 Å². The Balaban J connectivity index is 1.02. The number of allylic oxidation sites excluding steroid dienone is 1. The molecule has 0 aliphatic carbocycles. The molecule has 1 fully saturated rings. The van der Waals surface area contributed by atoms with Gasteiger partial charge in [-0.3, -0.25) is 9.59 Å². The number of nitrogens with one attached hydrogen (secondary N) is 2. The lowest BCUT2D eigenvalue weighted by atomic mass is 9.82. The van der Waals surface area contributed by atoms with Crippen LogP contribution in [0.5, 0.6) is 0 Å². The molecule has 9 nitrogen and oxygen atoms in total. The third kappa shape index (κ3) is 7.30. The van der Waals surface area contributed by atoms with Gasteiger partial charge in [-0.1, -0.05) is 55.5 Å². The van der Waals surface area contributed by atoms with Crippen LogP contribution in [-0.4, -0.2) is 62.5 Å². The van der Waals surface area contributed by atoms with Gasteiger partial charge in [-0.25, -0.2) is 9.78 Å². The van der Waals surface area contributed by atoms with Crippen LogP contribution < -0.4 is 10.6 Å². The second-order valence-electron chi connectivity index (χ2n) is 13.2. The Bertz CT molecular complexity index is 1790. The fraction of sp³-hybridized carbons (Fsp3) is 0.385. The van der Waals surface area contributed by atoms with Crippen LogP contribution >= 0.6 is 0 Å². The van der Waals surface area contributed by atoms with Crippen LogP contribution in [0.1, 0.15) is 78.4 Å². The lowest BCUT2D eigenvalue weighted by molar-refractivity contribution is -0.140. The largest absolute Gasteiger partial charge is 0.480 e. The molecular weight excluding hydrogens is 602 g/mol. The summed E-state index contributed by atoms with van der Waals surface area (Å²) < 4.78 is 1.89. The molecular formula is C39H45N5O4. The topological polar surface area (TPSA) is 117 Å². The molecule has 48 heavy (non-hydrogen) atoms. The van der Waals surface area contributed by atoms with E-state index in [4.69, 9.17) is 0 Å². The fourth-order valence-electron chi connectivity index (χ4n) is 7.53. The number of carboxylic acid groups (broad SMARTS) is 1. The maximum absolute atomic E-state index is 13.5. The molecule has 9 heteroatoms. The number of hydrogen-bond acceptors (Lipinski definition) is 5. The summed E-state index contributed by atoms with van der Waals surface area (Å²) in [5.74, 6) is -0.871. The van der Waals surface area contributed by atoms with E-state index in [1.165, 1.54) is 16.3 Å². The summed E-state index contributed by atoms with van der Waals surface area (Å²) in [6, 6.07) is 18.0. The molecule has 3 heterocycles. The van der Waals surface area contributed by atoms with Gasteiger partial charge in [0.25, 0.3) is 5.91 Å². The molecule has 4 aromatic rings. The van der Waals surface area contributed by atoms with Crippen molar-refractivity contribution in [2.45, 2.75) is 76.8 Å². The lowest BCUT2D eigenvalue weighted by Crippen LogP contribution is -2.45. The molecule has 250 valence electrons. The average Bonchev–Trinajstić information content (AvgIpc) is 3.65. The maximum atomic E-state index is 13.5. The number of likely N-dealkylation sites (tertiary alicyclic amines) is 1. The smallest absolute Gasteiger partial charge is 0.326 e. The zero-order valence-electron chi connectivity index (χ0n) is 27.8. The van der Waals surface area contributed by atoms with Gasteiger partial charge in [0.1, 0.15) is 6.04 Å². The summed E-state index contributed by atoms with van der Waals surface area (Å²) in [6.07, 6.45) is 14.0. The van der Waals surface area contributed by atoms with E-state index in [9.17, 15) is 19.5 Å². The minimum atomic E-state index is -1.04. The summed E-state index contributed by atoms with van der Waals surface area (Å²) in [7, 11) is 0. The first kappa shape index (κ1) is 33.0. The molecule has 1 saturated heterocycles. The molecule has 1 aromatic heterocycles. The summed E-state index contributed by atoms with van der Waals surface area (Å²) in [5, 5.41) is 18.9. The molecule has 3 aromatic carbocycles. The Hall–Kier alpha value is -4.92. The van der Waals surface area contributed by atoms with Crippen LogP contribution in [0.3, 0.4) is 0 Å². The van der Waals surface area contributed by atoms with E-state index in [1.807, 2.05) is 47.8 Å². The molecule has 6 rings (SSSR count). The van der Waals surface area contributed by atoms with E-state index in [1.54, 1.807) is 12.5 Å². The number of nitrogens with zero attached hydrogens (tertiary/aromatic N) is 3. The summed E-state index contributed by atoms with van der Waals surface area (Å²) in [5.41, 5.74) is 4.39. The number of aryl methyl sites for hydroxylation is 2. The number of piperidine rings is 1. The molecule has 0 saturated carbocycles. The summed E-state index contributed by atoms with van der Waals surface area (Å²) in [6.45, 7) is 5.06. The van der Waals surface area contributed by atoms with Crippen molar-refractivity contribution < 1.29 is 19.5 Å². The zero-order chi connectivity index (χ0) is 33.6. The van der Waals surface area contributed by atoms with Gasteiger partial charge >= 0.3 is 5.97 Å². The molecule has 3 unspecified atom stereocenters. The molecule has 0 spiro atoms. The molecule has 2 amide bonds. The zero-order valence-corrected chi connectivity index (χ0v) is 27.8. The van der Waals surface area contributed by atoms with Crippen molar-refractivity contribution in [3.63, 3.8) is 0 Å². The highest BCUT2D eigenvalue weighted by molar-refractivity contribution is 5.99. The highest BCUT2D eigenvalue weighted by atomic mass is 16.4. The van der Waals surface area contributed by atoms with Gasteiger partial charge in [-0.2, -0.15) is 0 Å². The number of fused-ring (bicyclic) bond motifs is 1. The number of aliphatic carboxylic acids is 1. The highest BCUT2D eigenvalue weighted by Gasteiger charge is 2.31. The molecule has 3 atom stereocenters. The minimum absolute atomic E-state index is 0.103. The van der Waals surface area contributed by atoms with Crippen molar-refractivity contribution in [1.82, 2.24) is 25.1 Å². The van der Waals surface area contributed by atoms with Crippen molar-refractivity contribution in [3.8, 4) is 5.69 Å². The first-order valence-electron chi connectivity index (χ1n) is 17.1. The summed E-state index contributed by atoms with van der Waals surface area (Å²) in [4.78, 5) is 45.2. The third-order valence-electron chi connectivity index (χ3n) is 10.1. The molecule has 3 N–H and O–H groups in total. The average molecular weight is 648 g/mol. The molecule has 2 aliphatic heterocycles. The predicted octanol–water partition coefficient (Wildman–Crippen LogP) is 6.15. The van der Waals surface area contributed by atoms with Gasteiger partial charge < -0.3 is 25.2 Å². The van der Waals surface area contributed by atoms with E-state index < -0.39 is 12.0 Å². The van der Waals surface area contributed by atoms with E-state index in [-0.39, 0.29) is 29.7 Å². The van der Waals surface area contributed by atoms with E-state index in [0.29, 0.717) is 50.8 Å². The van der Waals surface area contributed by atoms with Gasteiger partial charge in [0.05, 0.1) is 6.33 Å². The number of amides is 2. The van der Waals surface area contributed by atoms with Crippen LogP contribution in [0.15, 0.2) is 85.6 Å². The van der Waals surface area contributed by atoms with Crippen molar-refractivity contribution in [2.24, 2.45) is 5.92 Å². The predicted molar refractivity (Wildman–Crippen MR) is 187 cm³/mol. The van der Waals surface area contributed by atoms with E-state index in [0.717, 1.165) is 29.7 Å². The Morgan fingerprint density at radius 3 is 2.62 bits per heavy atom. The fourth-order valence-corrected chi connectivity index (χ4v) is 7.53. The number of hydrogen-bond donors (Lipinski definition) is 3. The molecule has 2 aliphatic rings. The third-order valence-corrected chi connectivity index (χ3v) is 10.1. The van der Waals surface area contributed by atoms with Gasteiger partial charge in [0.15, 0.2) is 0 Å². The van der Waals surface area contributed by atoms with Crippen LogP contribution in [0.2, 0.25) is 0 Å². The first-order valence-corrected chi connectivity index (χ1v) is 17.1. The van der Waals surface area contributed by atoms with Crippen molar-refractivity contribution in [3.05, 3.63) is 108 Å². The summed E-state index contributed by atoms with van der Waals surface area (Å²) >= 11 is 0. The van der Waals surface area contributed by atoms with Crippen LogP contribution in [0.25, 0.3) is 16.5 Å². The number of imidazole rings is 1. The van der Waals surface area contributed by atoms with Gasteiger partial charge in [0, 0.05) is 55.1 Å². The number of rotatable bonds is 11. The van der Waals surface area contributed by atoms with Gasteiger partial charge in [-0.05, 0) is 97.2 Å². The number of carboxylic acids is 1. The monoisotopic (exact) mass is 647 g/mol. The highest BCUT2D eigenvalue weighted by Crippen LogP contribution is 2.34. The molecule has 0 radical (unpaired) electrons. The number of carbonyl (C=O) groups is 3. The van der Waals surface area contributed by atoms with E-state index >= 15 is 0 Å². The van der Waals surface area contributed by atoms with Gasteiger partial charge in [-0.15, -0.1) is 0 Å². The van der Waals surface area contributed by atoms with Crippen LogP contribution in [0.4, 0.5) is 0 Å². The standard InChI is InChI=1S/C39H45N5O4/c1-3-28-24-30(44-21-18-40-25-44)22-26(2)37(28)38(46)42-35(39(47)48)23-27-15-19-43(20-16-27)36(45)14-13-34-33(12-7-17-41-34)32-11-6-9-29-8-4-5-10-31(29)32/h4-11,17-18,21-22,24-25,27,33-35,41H,3,12-16,19-20,23H2,1-2H3,(H,42,46)(H,47,48). The second kappa shape index (κ2) is 14.9. The first-order chi connectivity index (χ1) is 23.3.